The van der Waals surface area contributed by atoms with Crippen LogP contribution in [0.4, 0.5) is 5.69 Å². The highest BCUT2D eigenvalue weighted by Gasteiger charge is 2.18. The Morgan fingerprint density at radius 1 is 1.04 bits per heavy atom. The number of nitrogens with one attached hydrogen (secondary N) is 1. The number of aromatic nitrogens is 2. The maximum absolute atomic E-state index is 12.9. The highest BCUT2D eigenvalue weighted by molar-refractivity contribution is 9.10. The summed E-state index contributed by atoms with van der Waals surface area (Å²) in [4.78, 5) is 17.4. The monoisotopic (exact) mass is 435 g/mol. The number of carbonyl (C=O) groups excluding carboxylic acids is 1. The number of imidazole rings is 1. The molecule has 0 unspecified atom stereocenters. The van der Waals surface area contributed by atoms with Crippen molar-refractivity contribution in [3.8, 4) is 11.5 Å². The van der Waals surface area contributed by atoms with E-state index in [9.17, 15) is 4.79 Å². The van der Waals surface area contributed by atoms with Crippen molar-refractivity contribution in [2.45, 2.75) is 13.8 Å². The van der Waals surface area contributed by atoms with Crippen molar-refractivity contribution in [1.82, 2.24) is 9.38 Å². The largest absolute Gasteiger partial charge is 0.457 e. The summed E-state index contributed by atoms with van der Waals surface area (Å²) in [5.74, 6) is 1.26. The van der Waals surface area contributed by atoms with E-state index >= 15 is 0 Å². The first-order chi connectivity index (χ1) is 13.5. The van der Waals surface area contributed by atoms with Gasteiger partial charge in [0.1, 0.15) is 17.2 Å². The first-order valence-corrected chi connectivity index (χ1v) is 9.60. The van der Waals surface area contributed by atoms with E-state index < -0.39 is 0 Å². The molecule has 0 fully saturated rings. The number of aryl methyl sites for hydroxylation is 2. The number of hydrogen-bond donors (Lipinski definition) is 1. The number of benzene rings is 2. The van der Waals surface area contributed by atoms with Gasteiger partial charge in [-0.1, -0.05) is 18.2 Å². The minimum atomic E-state index is -0.209. The van der Waals surface area contributed by atoms with E-state index in [1.165, 1.54) is 0 Å². The van der Waals surface area contributed by atoms with E-state index in [1.807, 2.05) is 85.1 Å². The van der Waals surface area contributed by atoms with Crippen LogP contribution in [0, 0.1) is 13.8 Å². The highest BCUT2D eigenvalue weighted by Crippen LogP contribution is 2.25. The minimum absolute atomic E-state index is 0.209. The standard InChI is InChI=1S/C22H18BrN3O2/c1-14-12-19(23)21-24-15(2)20(26(21)13-14)22(27)25-16-8-10-18(11-9-16)28-17-6-4-3-5-7-17/h3-13H,1-2H3,(H,25,27). The van der Waals surface area contributed by atoms with Gasteiger partial charge in [0.2, 0.25) is 0 Å². The second kappa shape index (κ2) is 7.48. The van der Waals surface area contributed by atoms with Gasteiger partial charge in [-0.25, -0.2) is 4.98 Å². The lowest BCUT2D eigenvalue weighted by Crippen LogP contribution is -2.15. The van der Waals surface area contributed by atoms with Crippen LogP contribution in [-0.4, -0.2) is 15.3 Å². The summed E-state index contributed by atoms with van der Waals surface area (Å²) in [7, 11) is 0. The molecule has 6 heteroatoms. The smallest absolute Gasteiger partial charge is 0.274 e. The third-order valence-electron chi connectivity index (χ3n) is 4.29. The topological polar surface area (TPSA) is 55.6 Å². The van der Waals surface area contributed by atoms with Crippen molar-refractivity contribution < 1.29 is 9.53 Å². The molecule has 5 nitrogen and oxygen atoms in total. The second-order valence-electron chi connectivity index (χ2n) is 6.50. The third-order valence-corrected chi connectivity index (χ3v) is 4.88. The first-order valence-electron chi connectivity index (χ1n) is 8.80. The summed E-state index contributed by atoms with van der Waals surface area (Å²) < 4.78 is 8.46. The third kappa shape index (κ3) is 3.64. The number of hydrogen-bond acceptors (Lipinski definition) is 3. The number of carbonyl (C=O) groups is 1. The van der Waals surface area contributed by atoms with Crippen molar-refractivity contribution in [2.24, 2.45) is 0 Å². The van der Waals surface area contributed by atoms with Gasteiger partial charge in [0.05, 0.1) is 10.2 Å². The summed E-state index contributed by atoms with van der Waals surface area (Å²) in [6, 6.07) is 18.8. The zero-order chi connectivity index (χ0) is 19.7. The van der Waals surface area contributed by atoms with E-state index in [2.05, 4.69) is 26.2 Å². The van der Waals surface area contributed by atoms with Gasteiger partial charge in [0, 0.05) is 11.9 Å². The fraction of sp³-hybridized carbons (Fsp3) is 0.0909. The van der Waals surface area contributed by atoms with Crippen molar-refractivity contribution in [3.63, 3.8) is 0 Å². The molecule has 1 amide bonds. The van der Waals surface area contributed by atoms with Crippen LogP contribution in [0.25, 0.3) is 5.65 Å². The summed E-state index contributed by atoms with van der Waals surface area (Å²) in [5, 5.41) is 2.94. The average molecular weight is 436 g/mol. The summed E-state index contributed by atoms with van der Waals surface area (Å²) in [6.45, 7) is 3.81. The van der Waals surface area contributed by atoms with E-state index in [0.717, 1.165) is 21.4 Å². The van der Waals surface area contributed by atoms with Crippen LogP contribution >= 0.6 is 15.9 Å². The van der Waals surface area contributed by atoms with Crippen molar-refractivity contribution >= 4 is 33.2 Å². The highest BCUT2D eigenvalue weighted by atomic mass is 79.9. The van der Waals surface area contributed by atoms with E-state index in [4.69, 9.17) is 4.74 Å². The average Bonchev–Trinajstić information content (AvgIpc) is 3.00. The number of para-hydroxylation sites is 1. The van der Waals surface area contributed by atoms with Crippen LogP contribution in [0.3, 0.4) is 0 Å². The van der Waals surface area contributed by atoms with Crippen LogP contribution < -0.4 is 10.1 Å². The van der Waals surface area contributed by atoms with Crippen LogP contribution in [0.2, 0.25) is 0 Å². The minimum Gasteiger partial charge on any atom is -0.457 e. The number of ether oxygens (including phenoxy) is 1. The summed E-state index contributed by atoms with van der Waals surface area (Å²) in [6.07, 6.45) is 1.91. The number of halogens is 1. The molecule has 0 saturated heterocycles. The zero-order valence-corrected chi connectivity index (χ0v) is 17.0. The lowest BCUT2D eigenvalue weighted by Gasteiger charge is -2.09. The Hall–Kier alpha value is -3.12. The molecule has 0 radical (unpaired) electrons. The quantitative estimate of drug-likeness (QED) is 0.443. The van der Waals surface area contributed by atoms with Gasteiger partial charge in [0.25, 0.3) is 5.91 Å². The molecule has 1 N–H and O–H groups in total. The first kappa shape index (κ1) is 18.3. The molecule has 0 bridgehead atoms. The maximum atomic E-state index is 12.9. The fourth-order valence-corrected chi connectivity index (χ4v) is 3.68. The Labute approximate surface area is 171 Å². The molecule has 0 spiro atoms. The Morgan fingerprint density at radius 2 is 1.71 bits per heavy atom. The van der Waals surface area contributed by atoms with Gasteiger partial charge < -0.3 is 10.1 Å². The van der Waals surface area contributed by atoms with Gasteiger partial charge >= 0.3 is 0 Å². The molecule has 140 valence electrons. The molecule has 0 saturated carbocycles. The van der Waals surface area contributed by atoms with Crippen molar-refractivity contribution in [3.05, 3.63) is 88.3 Å². The van der Waals surface area contributed by atoms with Crippen LogP contribution in [-0.2, 0) is 0 Å². The molecule has 0 aliphatic heterocycles. The predicted octanol–water partition coefficient (Wildman–Crippen LogP) is 5.76. The molecule has 28 heavy (non-hydrogen) atoms. The van der Waals surface area contributed by atoms with Crippen LogP contribution in [0.5, 0.6) is 11.5 Å². The lowest BCUT2D eigenvalue weighted by molar-refractivity contribution is 0.102. The van der Waals surface area contributed by atoms with Crippen LogP contribution in [0.1, 0.15) is 21.7 Å². The molecule has 2 aromatic carbocycles. The van der Waals surface area contributed by atoms with Crippen LogP contribution in [0.15, 0.2) is 71.3 Å². The number of anilines is 1. The summed E-state index contributed by atoms with van der Waals surface area (Å²) >= 11 is 3.52. The Bertz CT molecular complexity index is 1150. The fourth-order valence-electron chi connectivity index (χ4n) is 3.04. The Balaban J connectivity index is 1.56. The molecule has 2 aromatic heterocycles. The van der Waals surface area contributed by atoms with E-state index in [-0.39, 0.29) is 5.91 Å². The molecule has 4 aromatic rings. The number of amides is 1. The SMILES string of the molecule is Cc1cc(Br)c2nc(C)c(C(=O)Nc3ccc(Oc4ccccc4)cc3)n2c1. The molecule has 0 aliphatic carbocycles. The number of nitrogens with zero attached hydrogens (tertiary/aromatic N) is 2. The molecule has 0 atom stereocenters. The normalized spacial score (nSPS) is 10.8. The maximum Gasteiger partial charge on any atom is 0.274 e. The second-order valence-corrected chi connectivity index (χ2v) is 7.35. The zero-order valence-electron chi connectivity index (χ0n) is 15.4. The van der Waals surface area contributed by atoms with Gasteiger partial charge in [-0.3, -0.25) is 9.20 Å². The molecule has 0 aliphatic rings. The molecule has 2 heterocycles. The molecular formula is C22H18BrN3O2. The number of rotatable bonds is 4. The summed E-state index contributed by atoms with van der Waals surface area (Å²) in [5.41, 5.74) is 3.64. The number of pyridine rings is 1. The van der Waals surface area contributed by atoms with Gasteiger partial charge in [0.15, 0.2) is 5.65 Å². The van der Waals surface area contributed by atoms with Gasteiger partial charge in [-0.2, -0.15) is 0 Å². The lowest BCUT2D eigenvalue weighted by atomic mass is 10.2. The Kier molecular flexibility index (Phi) is 4.88. The molecule has 4 rings (SSSR count). The Morgan fingerprint density at radius 3 is 2.43 bits per heavy atom. The molecular weight excluding hydrogens is 418 g/mol. The van der Waals surface area contributed by atoms with Crippen molar-refractivity contribution in [2.75, 3.05) is 5.32 Å². The van der Waals surface area contributed by atoms with E-state index in [0.29, 0.717) is 22.8 Å². The van der Waals surface area contributed by atoms with Gasteiger partial charge in [-0.15, -0.1) is 0 Å². The number of fused-ring (bicyclic) bond motifs is 1. The predicted molar refractivity (Wildman–Crippen MR) is 113 cm³/mol. The van der Waals surface area contributed by atoms with Crippen molar-refractivity contribution in [1.29, 1.82) is 0 Å². The van der Waals surface area contributed by atoms with Gasteiger partial charge in [-0.05, 0) is 77.8 Å². The van der Waals surface area contributed by atoms with E-state index in [1.54, 1.807) is 0 Å².